The summed E-state index contributed by atoms with van der Waals surface area (Å²) in [5.74, 6) is 1.54. The Bertz CT molecular complexity index is 1390. The minimum Gasteiger partial charge on any atom is -0.497 e. The quantitative estimate of drug-likeness (QED) is 0.370. The zero-order chi connectivity index (χ0) is 20.5. The van der Waals surface area contributed by atoms with Gasteiger partial charge in [0.05, 0.1) is 22.7 Å². The molecule has 0 aliphatic heterocycles. The first kappa shape index (κ1) is 18.4. The molecule has 1 N–H and O–H groups in total. The lowest BCUT2D eigenvalue weighted by Crippen LogP contribution is -2.07. The van der Waals surface area contributed by atoms with Crippen molar-refractivity contribution in [3.05, 3.63) is 83.7 Å². The highest BCUT2D eigenvalue weighted by molar-refractivity contribution is 7.22. The van der Waals surface area contributed by atoms with Gasteiger partial charge in [0, 0.05) is 17.0 Å². The summed E-state index contributed by atoms with van der Waals surface area (Å²) >= 11 is 1.58. The second-order valence-electron chi connectivity index (χ2n) is 6.93. The highest BCUT2D eigenvalue weighted by atomic mass is 32.1. The lowest BCUT2D eigenvalue weighted by molar-refractivity contribution is 0.415. The van der Waals surface area contributed by atoms with Crippen molar-refractivity contribution in [3.8, 4) is 17.1 Å². The summed E-state index contributed by atoms with van der Waals surface area (Å²) in [6, 6.07) is 23.9. The van der Waals surface area contributed by atoms with E-state index in [0.717, 1.165) is 54.3 Å². The van der Waals surface area contributed by atoms with E-state index >= 15 is 0 Å². The molecule has 0 fully saturated rings. The summed E-state index contributed by atoms with van der Waals surface area (Å²) in [7, 11) is 1.66. The number of fused-ring (bicyclic) bond motifs is 2. The van der Waals surface area contributed by atoms with E-state index in [9.17, 15) is 0 Å². The molecule has 0 saturated heterocycles. The van der Waals surface area contributed by atoms with Crippen LogP contribution in [0.25, 0.3) is 32.5 Å². The smallest absolute Gasteiger partial charge is 0.204 e. The molecule has 2 heterocycles. The lowest BCUT2D eigenvalue weighted by atomic mass is 10.1. The van der Waals surface area contributed by atoms with Gasteiger partial charge in [0.15, 0.2) is 0 Å². The Morgan fingerprint density at radius 2 is 1.83 bits per heavy atom. The summed E-state index contributed by atoms with van der Waals surface area (Å²) in [5.41, 5.74) is 6.95. The molecule has 5 aromatic rings. The van der Waals surface area contributed by atoms with E-state index in [2.05, 4.69) is 27.6 Å². The molecular weight excluding hydrogens is 394 g/mol. The van der Waals surface area contributed by atoms with Crippen molar-refractivity contribution in [3.63, 3.8) is 0 Å². The van der Waals surface area contributed by atoms with Crippen LogP contribution in [0.5, 0.6) is 5.75 Å². The van der Waals surface area contributed by atoms with Crippen LogP contribution < -0.4 is 15.5 Å². The van der Waals surface area contributed by atoms with Crippen molar-refractivity contribution < 1.29 is 9.15 Å². The standard InChI is InChI=1S/C24H19N3O2S/c1-15-7-12-18-20(26-27-24-25-19-5-3-4-6-23(19)30-24)14-21(29-22(18)13-15)16-8-10-17(28-2)11-9-16/h3-14H,1-2H3,(H,25,27). The van der Waals surface area contributed by atoms with Gasteiger partial charge in [-0.3, -0.25) is 5.43 Å². The molecule has 6 heteroatoms. The second-order valence-corrected chi connectivity index (χ2v) is 7.97. The molecular formula is C24H19N3O2S. The number of ether oxygens (including phenoxy) is 1. The first-order valence-electron chi connectivity index (χ1n) is 9.54. The van der Waals surface area contributed by atoms with E-state index in [4.69, 9.17) is 9.15 Å². The van der Waals surface area contributed by atoms with Gasteiger partial charge in [-0.2, -0.15) is 5.10 Å². The summed E-state index contributed by atoms with van der Waals surface area (Å²) in [6.45, 7) is 2.05. The monoisotopic (exact) mass is 413 g/mol. The van der Waals surface area contributed by atoms with Crippen molar-refractivity contribution in [2.24, 2.45) is 5.10 Å². The number of para-hydroxylation sites is 1. The fourth-order valence-corrected chi connectivity index (χ4v) is 4.10. The average Bonchev–Trinajstić information content (AvgIpc) is 3.20. The molecule has 0 amide bonds. The SMILES string of the molecule is COc1ccc(-c2cc(=NNc3nc4ccccc4s3)c3ccc(C)cc3o2)cc1. The first-order valence-corrected chi connectivity index (χ1v) is 10.4. The predicted molar refractivity (Wildman–Crippen MR) is 122 cm³/mol. The third kappa shape index (κ3) is 3.53. The fourth-order valence-electron chi connectivity index (χ4n) is 3.29. The van der Waals surface area contributed by atoms with Crippen LogP contribution in [0.15, 0.2) is 82.3 Å². The maximum atomic E-state index is 6.20. The van der Waals surface area contributed by atoms with Gasteiger partial charge in [0.1, 0.15) is 17.1 Å². The van der Waals surface area contributed by atoms with Gasteiger partial charge < -0.3 is 9.15 Å². The second kappa shape index (κ2) is 7.65. The zero-order valence-corrected chi connectivity index (χ0v) is 17.4. The van der Waals surface area contributed by atoms with Crippen LogP contribution in [0.3, 0.4) is 0 Å². The molecule has 2 aromatic heterocycles. The molecule has 30 heavy (non-hydrogen) atoms. The number of methoxy groups -OCH3 is 1. The van der Waals surface area contributed by atoms with Crippen LogP contribution in [0.2, 0.25) is 0 Å². The Labute approximate surface area is 177 Å². The minimum atomic E-state index is 0.737. The minimum absolute atomic E-state index is 0.737. The molecule has 0 spiro atoms. The van der Waals surface area contributed by atoms with Gasteiger partial charge in [0.2, 0.25) is 5.13 Å². The van der Waals surface area contributed by atoms with Crippen LogP contribution in [-0.4, -0.2) is 12.1 Å². The number of hydrogen-bond acceptors (Lipinski definition) is 6. The molecule has 0 aliphatic rings. The van der Waals surface area contributed by atoms with Gasteiger partial charge in [-0.25, -0.2) is 4.98 Å². The van der Waals surface area contributed by atoms with Crippen LogP contribution >= 0.6 is 11.3 Å². The van der Waals surface area contributed by atoms with Gasteiger partial charge in [0.25, 0.3) is 0 Å². The Morgan fingerprint density at radius 3 is 2.63 bits per heavy atom. The van der Waals surface area contributed by atoms with Crippen molar-refractivity contribution in [2.45, 2.75) is 6.92 Å². The average molecular weight is 414 g/mol. The number of hydrogen-bond donors (Lipinski definition) is 1. The van der Waals surface area contributed by atoms with Crippen LogP contribution in [0.1, 0.15) is 5.56 Å². The van der Waals surface area contributed by atoms with E-state index in [1.54, 1.807) is 18.4 Å². The maximum absolute atomic E-state index is 6.20. The highest BCUT2D eigenvalue weighted by Gasteiger charge is 2.08. The summed E-state index contributed by atoms with van der Waals surface area (Å²) in [5, 5.41) is 7.15. The van der Waals surface area contributed by atoms with Crippen LogP contribution in [-0.2, 0) is 0 Å². The molecule has 148 valence electrons. The molecule has 0 atom stereocenters. The Kier molecular flexibility index (Phi) is 4.69. The third-order valence-corrected chi connectivity index (χ3v) is 5.78. The molecule has 0 unspecified atom stereocenters. The number of nitrogens with one attached hydrogen (secondary N) is 1. The number of nitrogens with zero attached hydrogens (tertiary/aromatic N) is 2. The molecule has 3 aromatic carbocycles. The zero-order valence-electron chi connectivity index (χ0n) is 16.5. The summed E-state index contributed by atoms with van der Waals surface area (Å²) in [6.07, 6.45) is 0. The van der Waals surface area contributed by atoms with Gasteiger partial charge in [-0.05, 0) is 61.0 Å². The molecule has 5 nitrogen and oxygen atoms in total. The maximum Gasteiger partial charge on any atom is 0.204 e. The Hall–Kier alpha value is -3.64. The number of thiazole rings is 1. The van der Waals surface area contributed by atoms with E-state index in [1.165, 1.54) is 0 Å². The highest BCUT2D eigenvalue weighted by Crippen LogP contribution is 2.26. The van der Waals surface area contributed by atoms with Crippen LogP contribution in [0.4, 0.5) is 5.13 Å². The molecule has 0 bridgehead atoms. The van der Waals surface area contributed by atoms with Crippen molar-refractivity contribution in [1.82, 2.24) is 4.98 Å². The van der Waals surface area contributed by atoms with Crippen molar-refractivity contribution >= 4 is 37.7 Å². The Balaban J connectivity index is 1.62. The Morgan fingerprint density at radius 1 is 1.00 bits per heavy atom. The molecule has 0 saturated carbocycles. The fraction of sp³-hybridized carbons (Fsp3) is 0.0833. The van der Waals surface area contributed by atoms with Gasteiger partial charge in [-0.1, -0.05) is 29.5 Å². The van der Waals surface area contributed by atoms with E-state index in [-0.39, 0.29) is 0 Å². The third-order valence-electron chi connectivity index (χ3n) is 4.84. The molecule has 5 rings (SSSR count). The van der Waals surface area contributed by atoms with Crippen LogP contribution in [0, 0.1) is 6.92 Å². The van der Waals surface area contributed by atoms with Gasteiger partial charge >= 0.3 is 0 Å². The molecule has 0 radical (unpaired) electrons. The van der Waals surface area contributed by atoms with Gasteiger partial charge in [-0.15, -0.1) is 0 Å². The van der Waals surface area contributed by atoms with Crippen molar-refractivity contribution in [2.75, 3.05) is 12.5 Å². The van der Waals surface area contributed by atoms with E-state index in [1.807, 2.05) is 67.6 Å². The van der Waals surface area contributed by atoms with E-state index in [0.29, 0.717) is 0 Å². The number of rotatable bonds is 4. The lowest BCUT2D eigenvalue weighted by Gasteiger charge is -2.07. The number of aryl methyl sites for hydroxylation is 1. The summed E-state index contributed by atoms with van der Waals surface area (Å²) in [4.78, 5) is 4.60. The first-order chi connectivity index (χ1) is 14.7. The summed E-state index contributed by atoms with van der Waals surface area (Å²) < 4.78 is 12.6. The number of anilines is 1. The largest absolute Gasteiger partial charge is 0.497 e. The number of benzene rings is 3. The van der Waals surface area contributed by atoms with Crippen molar-refractivity contribution in [1.29, 1.82) is 0 Å². The normalized spacial score (nSPS) is 11.9. The predicted octanol–water partition coefficient (Wildman–Crippen LogP) is 5.95. The topological polar surface area (TPSA) is 59.6 Å². The molecule has 0 aliphatic carbocycles. The number of aromatic nitrogens is 1. The van der Waals surface area contributed by atoms with E-state index < -0.39 is 0 Å².